The first-order valence-corrected chi connectivity index (χ1v) is 6.95. The summed E-state index contributed by atoms with van der Waals surface area (Å²) in [5, 5.41) is 0. The number of amides is 1. The van der Waals surface area contributed by atoms with E-state index in [9.17, 15) is 17.6 Å². The van der Waals surface area contributed by atoms with Crippen molar-refractivity contribution in [2.24, 2.45) is 0 Å². The van der Waals surface area contributed by atoms with Crippen LogP contribution in [0.25, 0.3) is 0 Å². The van der Waals surface area contributed by atoms with Crippen LogP contribution in [-0.2, 0) is 14.6 Å². The molecule has 1 amide bonds. The topological polar surface area (TPSA) is 80.5 Å². The number of rotatable bonds is 4. The molecule has 1 aromatic rings. The van der Waals surface area contributed by atoms with E-state index in [0.29, 0.717) is 6.54 Å². The van der Waals surface area contributed by atoms with Gasteiger partial charge in [-0.25, -0.2) is 12.8 Å². The van der Waals surface area contributed by atoms with Crippen LogP contribution < -0.4 is 5.73 Å². The summed E-state index contributed by atoms with van der Waals surface area (Å²) >= 11 is 0. The van der Waals surface area contributed by atoms with Crippen molar-refractivity contribution in [1.82, 2.24) is 4.90 Å². The monoisotopic (exact) mass is 274 g/mol. The van der Waals surface area contributed by atoms with E-state index in [1.165, 1.54) is 11.9 Å². The Morgan fingerprint density at radius 2 is 2.06 bits per heavy atom. The fraction of sp³-hybridized carbons (Fsp3) is 0.364. The molecule has 0 radical (unpaired) electrons. The highest BCUT2D eigenvalue weighted by Crippen LogP contribution is 2.20. The fourth-order valence-electron chi connectivity index (χ4n) is 1.30. The Morgan fingerprint density at radius 3 is 2.61 bits per heavy atom. The van der Waals surface area contributed by atoms with Gasteiger partial charge in [-0.2, -0.15) is 0 Å². The highest BCUT2D eigenvalue weighted by molar-refractivity contribution is 7.92. The van der Waals surface area contributed by atoms with Gasteiger partial charge in [-0.05, 0) is 25.1 Å². The minimum Gasteiger partial charge on any atom is -0.398 e. The number of nitrogen functional groups attached to an aromatic ring is 1. The predicted molar refractivity (Wildman–Crippen MR) is 66.2 cm³/mol. The second-order valence-corrected chi connectivity index (χ2v) is 5.81. The Balaban J connectivity index is 3.07. The van der Waals surface area contributed by atoms with Gasteiger partial charge < -0.3 is 10.6 Å². The number of sulfone groups is 1. The van der Waals surface area contributed by atoms with Gasteiger partial charge in [0.05, 0.1) is 10.6 Å². The highest BCUT2D eigenvalue weighted by Gasteiger charge is 2.23. The molecule has 0 saturated carbocycles. The number of halogens is 1. The maximum atomic E-state index is 13.0. The van der Waals surface area contributed by atoms with E-state index >= 15 is 0 Å². The predicted octanol–water partition coefficient (Wildman–Crippen LogP) is 0.660. The molecular weight excluding hydrogens is 259 g/mol. The van der Waals surface area contributed by atoms with E-state index in [-0.39, 0.29) is 10.6 Å². The van der Waals surface area contributed by atoms with Crippen molar-refractivity contribution in [3.05, 3.63) is 24.0 Å². The molecule has 0 aromatic heterocycles. The summed E-state index contributed by atoms with van der Waals surface area (Å²) in [5.74, 6) is -1.98. The van der Waals surface area contributed by atoms with Crippen LogP contribution in [0.2, 0.25) is 0 Å². The van der Waals surface area contributed by atoms with Crippen molar-refractivity contribution >= 4 is 21.4 Å². The molecule has 1 aromatic carbocycles. The van der Waals surface area contributed by atoms with E-state index in [1.807, 2.05) is 0 Å². The molecule has 0 bridgehead atoms. The molecular formula is C11H15FN2O3S. The van der Waals surface area contributed by atoms with Gasteiger partial charge >= 0.3 is 0 Å². The maximum Gasteiger partial charge on any atom is 0.237 e. The van der Waals surface area contributed by atoms with Gasteiger partial charge in [0.15, 0.2) is 9.84 Å². The molecule has 0 aliphatic rings. The van der Waals surface area contributed by atoms with Gasteiger partial charge in [-0.1, -0.05) is 0 Å². The van der Waals surface area contributed by atoms with Crippen molar-refractivity contribution in [1.29, 1.82) is 0 Å². The average molecular weight is 274 g/mol. The van der Waals surface area contributed by atoms with E-state index in [1.54, 1.807) is 6.92 Å². The Labute approximate surface area is 105 Å². The third-order valence-electron chi connectivity index (χ3n) is 2.52. The van der Waals surface area contributed by atoms with Crippen LogP contribution >= 0.6 is 0 Å². The van der Waals surface area contributed by atoms with Gasteiger partial charge in [0.1, 0.15) is 11.6 Å². The zero-order valence-electron chi connectivity index (χ0n) is 10.2. The van der Waals surface area contributed by atoms with Crippen molar-refractivity contribution in [2.75, 3.05) is 25.1 Å². The molecule has 0 unspecified atom stereocenters. The third-order valence-corrected chi connectivity index (χ3v) is 4.17. The largest absolute Gasteiger partial charge is 0.398 e. The number of hydrogen-bond donors (Lipinski definition) is 1. The summed E-state index contributed by atoms with van der Waals surface area (Å²) in [5.41, 5.74) is 5.42. The first-order chi connectivity index (χ1) is 8.27. The molecule has 7 heteroatoms. The molecule has 2 N–H and O–H groups in total. The molecule has 0 fully saturated rings. The average Bonchev–Trinajstić information content (AvgIpc) is 2.30. The quantitative estimate of drug-likeness (QED) is 0.818. The lowest BCUT2D eigenvalue weighted by Gasteiger charge is -2.15. The van der Waals surface area contributed by atoms with E-state index in [4.69, 9.17) is 5.73 Å². The summed E-state index contributed by atoms with van der Waals surface area (Å²) < 4.78 is 36.9. The number of nitrogens with two attached hydrogens (primary N) is 1. The van der Waals surface area contributed by atoms with Crippen molar-refractivity contribution in [3.63, 3.8) is 0 Å². The van der Waals surface area contributed by atoms with Gasteiger partial charge in [0.2, 0.25) is 5.91 Å². The Kier molecular flexibility index (Phi) is 4.28. The van der Waals surface area contributed by atoms with Crippen LogP contribution in [0, 0.1) is 5.82 Å². The molecule has 100 valence electrons. The second kappa shape index (κ2) is 5.34. The van der Waals surface area contributed by atoms with Crippen molar-refractivity contribution in [3.8, 4) is 0 Å². The highest BCUT2D eigenvalue weighted by atomic mass is 32.2. The summed E-state index contributed by atoms with van der Waals surface area (Å²) in [6.45, 7) is 2.12. The molecule has 0 heterocycles. The SMILES string of the molecule is CCN(C)C(=O)CS(=O)(=O)c1cc(F)ccc1N. The Hall–Kier alpha value is -1.63. The molecule has 0 saturated heterocycles. The van der Waals surface area contributed by atoms with Gasteiger partial charge in [-0.15, -0.1) is 0 Å². The lowest BCUT2D eigenvalue weighted by molar-refractivity contribution is -0.126. The number of hydrogen-bond acceptors (Lipinski definition) is 4. The van der Waals surface area contributed by atoms with Crippen molar-refractivity contribution < 1.29 is 17.6 Å². The summed E-state index contributed by atoms with van der Waals surface area (Å²) in [7, 11) is -2.43. The zero-order valence-corrected chi connectivity index (χ0v) is 11.0. The number of nitrogens with zero attached hydrogens (tertiary/aromatic N) is 1. The first-order valence-electron chi connectivity index (χ1n) is 5.29. The zero-order chi connectivity index (χ0) is 13.9. The van der Waals surface area contributed by atoms with E-state index in [2.05, 4.69) is 0 Å². The number of benzene rings is 1. The molecule has 18 heavy (non-hydrogen) atoms. The lowest BCUT2D eigenvalue weighted by atomic mass is 10.3. The van der Waals surface area contributed by atoms with Crippen LogP contribution in [0.5, 0.6) is 0 Å². The molecule has 1 rings (SSSR count). The first kappa shape index (κ1) is 14.4. The van der Waals surface area contributed by atoms with Gasteiger partial charge in [0.25, 0.3) is 0 Å². The second-order valence-electron chi connectivity index (χ2n) is 3.85. The van der Waals surface area contributed by atoms with E-state index in [0.717, 1.165) is 18.2 Å². The van der Waals surface area contributed by atoms with Crippen LogP contribution in [-0.4, -0.2) is 38.6 Å². The summed E-state index contributed by atoms with van der Waals surface area (Å²) in [4.78, 5) is 12.5. The van der Waals surface area contributed by atoms with Crippen LogP contribution in [0.4, 0.5) is 10.1 Å². The maximum absolute atomic E-state index is 13.0. The van der Waals surface area contributed by atoms with Gasteiger partial charge in [0, 0.05) is 13.6 Å². The van der Waals surface area contributed by atoms with Crippen LogP contribution in [0.15, 0.2) is 23.1 Å². The molecule has 0 aliphatic carbocycles. The number of anilines is 1. The number of carbonyl (C=O) groups is 1. The lowest BCUT2D eigenvalue weighted by Crippen LogP contribution is -2.32. The molecule has 0 spiro atoms. The number of carbonyl (C=O) groups excluding carboxylic acids is 1. The van der Waals surface area contributed by atoms with Crippen molar-refractivity contribution in [2.45, 2.75) is 11.8 Å². The third kappa shape index (κ3) is 3.19. The standard InChI is InChI=1S/C11H15FN2O3S/c1-3-14(2)11(15)7-18(16,17)10-6-8(12)4-5-9(10)13/h4-6H,3,7,13H2,1-2H3. The smallest absolute Gasteiger partial charge is 0.237 e. The van der Waals surface area contributed by atoms with Crippen LogP contribution in [0.3, 0.4) is 0 Å². The molecule has 0 atom stereocenters. The minimum absolute atomic E-state index is 0.0663. The molecule has 5 nitrogen and oxygen atoms in total. The molecule has 0 aliphatic heterocycles. The normalized spacial score (nSPS) is 11.3. The van der Waals surface area contributed by atoms with Crippen LogP contribution in [0.1, 0.15) is 6.92 Å². The van der Waals surface area contributed by atoms with Gasteiger partial charge in [-0.3, -0.25) is 4.79 Å². The Bertz CT molecular complexity index is 557. The summed E-state index contributed by atoms with van der Waals surface area (Å²) in [6.07, 6.45) is 0. The fourth-order valence-corrected chi connectivity index (χ4v) is 2.72. The minimum atomic E-state index is -3.92. The Morgan fingerprint density at radius 1 is 1.44 bits per heavy atom. The summed E-state index contributed by atoms with van der Waals surface area (Å²) in [6, 6.07) is 3.05. The van der Waals surface area contributed by atoms with E-state index < -0.39 is 27.3 Å².